The minimum absolute atomic E-state index is 0.125. The number of thioether (sulfide) groups is 1. The molecule has 0 unspecified atom stereocenters. The average Bonchev–Trinajstić information content (AvgIpc) is 2.60. The second-order valence-corrected chi connectivity index (χ2v) is 7.06. The van der Waals surface area contributed by atoms with Crippen molar-refractivity contribution in [2.24, 2.45) is 5.73 Å². The third kappa shape index (κ3) is 5.14. The topological polar surface area (TPSA) is 79.9 Å². The highest BCUT2D eigenvalue weighted by Crippen LogP contribution is 2.27. The van der Waals surface area contributed by atoms with Crippen LogP contribution in [-0.2, 0) is 9.59 Å². The summed E-state index contributed by atoms with van der Waals surface area (Å²) in [6.07, 6.45) is 0. The van der Waals surface area contributed by atoms with Crippen molar-refractivity contribution in [1.29, 1.82) is 0 Å². The van der Waals surface area contributed by atoms with Gasteiger partial charge in [-0.25, -0.2) is 0 Å². The van der Waals surface area contributed by atoms with Crippen LogP contribution < -0.4 is 16.0 Å². The van der Waals surface area contributed by atoms with Gasteiger partial charge in [0.05, 0.1) is 38.5 Å². The fourth-order valence-electron chi connectivity index (χ4n) is 2.83. The number of para-hydroxylation sites is 1. The predicted octanol–water partition coefficient (Wildman–Crippen LogP) is -0.189. The molecular formula is C17H27N4O2S+. The molecule has 0 bridgehead atoms. The summed E-state index contributed by atoms with van der Waals surface area (Å²) in [4.78, 5) is 28.1. The van der Waals surface area contributed by atoms with Crippen molar-refractivity contribution in [2.45, 2.75) is 24.8 Å². The highest BCUT2D eigenvalue weighted by molar-refractivity contribution is 8.00. The fraction of sp³-hybridized carbons (Fsp3) is 0.529. The summed E-state index contributed by atoms with van der Waals surface area (Å²) in [5, 5.41) is 3.29. The number of likely N-dealkylation sites (N-methyl/N-ethyl adjacent to an activating group) is 1. The van der Waals surface area contributed by atoms with Gasteiger partial charge in [-0.3, -0.25) is 9.59 Å². The van der Waals surface area contributed by atoms with Crippen LogP contribution in [0, 0.1) is 0 Å². The molecule has 1 aliphatic heterocycles. The molecule has 1 saturated heterocycles. The van der Waals surface area contributed by atoms with Gasteiger partial charge in [-0.2, -0.15) is 0 Å². The molecule has 1 aromatic rings. The molecule has 24 heavy (non-hydrogen) atoms. The molecule has 0 spiro atoms. The lowest BCUT2D eigenvalue weighted by Crippen LogP contribution is -3.14. The van der Waals surface area contributed by atoms with Crippen LogP contribution in [0.4, 0.5) is 5.69 Å². The number of benzene rings is 1. The zero-order valence-corrected chi connectivity index (χ0v) is 15.2. The van der Waals surface area contributed by atoms with Crippen LogP contribution in [0.2, 0.25) is 0 Å². The molecule has 0 radical (unpaired) electrons. The first-order valence-corrected chi connectivity index (χ1v) is 9.38. The summed E-state index contributed by atoms with van der Waals surface area (Å²) in [6.45, 7) is 8.83. The highest BCUT2D eigenvalue weighted by Gasteiger charge is 2.26. The smallest absolute Gasteiger partial charge is 0.245 e. The van der Waals surface area contributed by atoms with E-state index in [0.717, 1.165) is 43.3 Å². The summed E-state index contributed by atoms with van der Waals surface area (Å²) < 4.78 is 0. The zero-order chi connectivity index (χ0) is 17.5. The largest absolute Gasteiger partial charge is 0.373 e. The molecule has 7 heteroatoms. The number of carbonyl (C=O) groups excluding carboxylic acids is 2. The number of nitrogens with zero attached hydrogens (tertiary/aromatic N) is 1. The van der Waals surface area contributed by atoms with Gasteiger partial charge in [0.1, 0.15) is 6.04 Å². The molecule has 1 fully saturated rings. The molecule has 1 aliphatic rings. The summed E-state index contributed by atoms with van der Waals surface area (Å²) in [7, 11) is 0. The number of rotatable bonds is 7. The number of nitrogens with two attached hydrogens (primary N) is 1. The first-order chi connectivity index (χ1) is 11.5. The van der Waals surface area contributed by atoms with Gasteiger partial charge in [-0.15, -0.1) is 11.8 Å². The Kier molecular flexibility index (Phi) is 6.93. The number of nitrogens with one attached hydrogen (secondary N) is 2. The Labute approximate surface area is 147 Å². The molecular weight excluding hydrogens is 324 g/mol. The van der Waals surface area contributed by atoms with Crippen molar-refractivity contribution >= 4 is 29.3 Å². The van der Waals surface area contributed by atoms with Crippen LogP contribution in [0.1, 0.15) is 13.8 Å². The Morgan fingerprint density at radius 1 is 1.33 bits per heavy atom. The Balaban J connectivity index is 1.95. The van der Waals surface area contributed by atoms with E-state index in [2.05, 4.69) is 12.2 Å². The molecule has 132 valence electrons. The summed E-state index contributed by atoms with van der Waals surface area (Å²) in [5.41, 5.74) is 6.08. The molecule has 1 heterocycles. The Morgan fingerprint density at radius 3 is 2.62 bits per heavy atom. The number of carbonyl (C=O) groups is 2. The van der Waals surface area contributed by atoms with Gasteiger partial charge in [0.2, 0.25) is 11.8 Å². The highest BCUT2D eigenvalue weighted by atomic mass is 32.2. The lowest BCUT2D eigenvalue weighted by Gasteiger charge is -2.33. The molecule has 6 nitrogen and oxygen atoms in total. The number of anilines is 1. The number of primary amides is 1. The van der Waals surface area contributed by atoms with Crippen LogP contribution >= 0.6 is 11.8 Å². The standard InChI is InChI=1S/C17H26N4O2S/c1-3-20-8-10-21(11-9-20)17(23)13(2)19-14-6-4-5-7-15(14)24-12-16(18)22/h4-7,13,19H,3,8-12H2,1-2H3,(H2,18,22)/p+1/t13-/m0/s1. The predicted molar refractivity (Wildman–Crippen MR) is 97.3 cm³/mol. The molecule has 1 aromatic carbocycles. The molecule has 2 rings (SSSR count). The number of hydrogen-bond donors (Lipinski definition) is 3. The van der Waals surface area contributed by atoms with Crippen molar-refractivity contribution in [3.8, 4) is 0 Å². The Bertz CT molecular complexity index is 573. The second kappa shape index (κ2) is 8.94. The van der Waals surface area contributed by atoms with Gasteiger partial charge in [0.15, 0.2) is 0 Å². The fourth-order valence-corrected chi connectivity index (χ4v) is 3.58. The SMILES string of the molecule is CC[NH+]1CCN(C(=O)[C@H](C)Nc2ccccc2SCC(N)=O)CC1. The maximum absolute atomic E-state index is 12.6. The second-order valence-electron chi connectivity index (χ2n) is 6.05. The van der Waals surface area contributed by atoms with Crippen molar-refractivity contribution in [3.63, 3.8) is 0 Å². The average molecular weight is 351 g/mol. The Morgan fingerprint density at radius 2 is 2.00 bits per heavy atom. The molecule has 0 saturated carbocycles. The van der Waals surface area contributed by atoms with E-state index in [1.807, 2.05) is 36.1 Å². The van der Waals surface area contributed by atoms with E-state index in [-0.39, 0.29) is 23.6 Å². The van der Waals surface area contributed by atoms with E-state index in [0.29, 0.717) is 0 Å². The van der Waals surface area contributed by atoms with Gasteiger partial charge < -0.3 is 20.9 Å². The first kappa shape index (κ1) is 18.6. The number of piperazine rings is 1. The Hall–Kier alpha value is -1.73. The molecule has 0 aliphatic carbocycles. The summed E-state index contributed by atoms with van der Waals surface area (Å²) >= 11 is 1.38. The van der Waals surface area contributed by atoms with Crippen molar-refractivity contribution in [2.75, 3.05) is 43.8 Å². The van der Waals surface area contributed by atoms with E-state index in [1.165, 1.54) is 11.8 Å². The quantitative estimate of drug-likeness (QED) is 0.595. The molecule has 2 amide bonds. The van der Waals surface area contributed by atoms with Crippen molar-refractivity contribution in [1.82, 2.24) is 4.90 Å². The van der Waals surface area contributed by atoms with E-state index in [4.69, 9.17) is 5.73 Å². The van der Waals surface area contributed by atoms with Gasteiger partial charge in [0.25, 0.3) is 0 Å². The maximum atomic E-state index is 12.6. The summed E-state index contributed by atoms with van der Waals surface area (Å²) in [6, 6.07) is 7.37. The third-order valence-electron chi connectivity index (χ3n) is 4.28. The van der Waals surface area contributed by atoms with E-state index >= 15 is 0 Å². The van der Waals surface area contributed by atoms with Crippen LogP contribution in [0.3, 0.4) is 0 Å². The minimum Gasteiger partial charge on any atom is -0.373 e. The first-order valence-electron chi connectivity index (χ1n) is 8.40. The third-order valence-corrected chi connectivity index (χ3v) is 5.38. The van der Waals surface area contributed by atoms with E-state index in [9.17, 15) is 9.59 Å². The number of quaternary nitrogens is 1. The van der Waals surface area contributed by atoms with Crippen molar-refractivity contribution < 1.29 is 14.5 Å². The zero-order valence-electron chi connectivity index (χ0n) is 14.4. The van der Waals surface area contributed by atoms with Crippen LogP contribution in [-0.4, -0.2) is 61.2 Å². The van der Waals surface area contributed by atoms with Gasteiger partial charge >= 0.3 is 0 Å². The van der Waals surface area contributed by atoms with Crippen LogP contribution in [0.25, 0.3) is 0 Å². The lowest BCUT2D eigenvalue weighted by molar-refractivity contribution is -0.902. The van der Waals surface area contributed by atoms with Gasteiger partial charge in [-0.05, 0) is 26.0 Å². The number of hydrogen-bond acceptors (Lipinski definition) is 4. The molecule has 4 N–H and O–H groups in total. The summed E-state index contributed by atoms with van der Waals surface area (Å²) in [5.74, 6) is -0.00180. The minimum atomic E-state index is -0.352. The number of amides is 2. The van der Waals surface area contributed by atoms with Crippen LogP contribution in [0.5, 0.6) is 0 Å². The molecule has 0 aromatic heterocycles. The van der Waals surface area contributed by atoms with Crippen molar-refractivity contribution in [3.05, 3.63) is 24.3 Å². The van der Waals surface area contributed by atoms with E-state index in [1.54, 1.807) is 4.90 Å². The van der Waals surface area contributed by atoms with Gasteiger partial charge in [0, 0.05) is 10.6 Å². The van der Waals surface area contributed by atoms with Crippen LogP contribution in [0.15, 0.2) is 29.2 Å². The normalized spacial score (nSPS) is 16.7. The molecule has 1 atom stereocenters. The van der Waals surface area contributed by atoms with Gasteiger partial charge in [-0.1, -0.05) is 12.1 Å². The lowest BCUT2D eigenvalue weighted by atomic mass is 10.2. The maximum Gasteiger partial charge on any atom is 0.245 e. The monoisotopic (exact) mass is 351 g/mol. The van der Waals surface area contributed by atoms with E-state index < -0.39 is 0 Å².